The van der Waals surface area contributed by atoms with E-state index in [0.717, 1.165) is 0 Å². The van der Waals surface area contributed by atoms with Gasteiger partial charge in [0.1, 0.15) is 0 Å². The molecule has 0 unspecified atom stereocenters. The molecule has 1 aromatic carbocycles. The van der Waals surface area contributed by atoms with Crippen LogP contribution >= 0.6 is 0 Å². The van der Waals surface area contributed by atoms with Gasteiger partial charge < -0.3 is 5.11 Å². The Morgan fingerprint density at radius 2 is 1.92 bits per heavy atom. The minimum absolute atomic E-state index is 0.222. The van der Waals surface area contributed by atoms with Crippen LogP contribution in [0.1, 0.15) is 18.9 Å². The lowest BCUT2D eigenvalue weighted by Gasteiger charge is -1.85. The second-order valence-corrected chi connectivity index (χ2v) is 2.36. The summed E-state index contributed by atoms with van der Waals surface area (Å²) in [5.41, 5.74) is 1.17. The van der Waals surface area contributed by atoms with Crippen LogP contribution in [0.4, 0.5) is 0 Å². The van der Waals surface area contributed by atoms with E-state index in [2.05, 4.69) is 6.58 Å². The van der Waals surface area contributed by atoms with Crippen LogP contribution in [0.25, 0.3) is 6.08 Å². The highest BCUT2D eigenvalue weighted by Gasteiger charge is 1.80. The van der Waals surface area contributed by atoms with Gasteiger partial charge in [-0.25, -0.2) is 0 Å². The average molecular weight is 178 g/mol. The Morgan fingerprint density at radius 3 is 2.15 bits per heavy atom. The van der Waals surface area contributed by atoms with E-state index in [4.69, 9.17) is 5.11 Å². The van der Waals surface area contributed by atoms with E-state index in [1.54, 1.807) is 6.92 Å². The van der Waals surface area contributed by atoms with Crippen molar-refractivity contribution < 1.29 is 9.90 Å². The first kappa shape index (κ1) is 11.4. The molecule has 0 radical (unpaired) electrons. The molecule has 1 aromatic rings. The molecular weight excluding hydrogens is 164 g/mol. The molecule has 70 valence electrons. The summed E-state index contributed by atoms with van der Waals surface area (Å²) in [5, 5.41) is 7.72. The van der Waals surface area contributed by atoms with Crippen LogP contribution in [-0.4, -0.2) is 11.1 Å². The predicted octanol–water partition coefficient (Wildman–Crippen LogP) is 2.81. The summed E-state index contributed by atoms with van der Waals surface area (Å²) in [6.07, 6.45) is 2.06. The number of aliphatic carboxylic acids is 1. The van der Waals surface area contributed by atoms with E-state index >= 15 is 0 Å². The normalized spacial score (nSPS) is 8.08. The van der Waals surface area contributed by atoms with Crippen LogP contribution in [0.2, 0.25) is 0 Å². The van der Waals surface area contributed by atoms with Gasteiger partial charge in [0.2, 0.25) is 0 Å². The monoisotopic (exact) mass is 178 g/mol. The lowest BCUT2D eigenvalue weighted by atomic mass is 10.2. The molecule has 0 spiro atoms. The van der Waals surface area contributed by atoms with Crippen molar-refractivity contribution in [3.8, 4) is 0 Å². The van der Waals surface area contributed by atoms with Crippen molar-refractivity contribution in [2.75, 3.05) is 0 Å². The van der Waals surface area contributed by atoms with Crippen molar-refractivity contribution >= 4 is 12.0 Å². The molecule has 2 heteroatoms. The molecule has 0 fully saturated rings. The molecule has 2 nitrogen and oxygen atoms in total. The molecule has 1 rings (SSSR count). The number of benzene rings is 1. The number of hydrogen-bond acceptors (Lipinski definition) is 1. The summed E-state index contributed by atoms with van der Waals surface area (Å²) < 4.78 is 0. The van der Waals surface area contributed by atoms with Gasteiger partial charge >= 0.3 is 5.97 Å². The van der Waals surface area contributed by atoms with Crippen LogP contribution in [0.5, 0.6) is 0 Å². The lowest BCUT2D eigenvalue weighted by molar-refractivity contribution is -0.136. The van der Waals surface area contributed by atoms with Gasteiger partial charge in [-0.1, -0.05) is 49.9 Å². The largest absolute Gasteiger partial charge is 0.481 e. The molecule has 0 aliphatic rings. The number of carbonyl (C=O) groups is 1. The van der Waals surface area contributed by atoms with Gasteiger partial charge in [-0.15, -0.1) is 0 Å². The van der Waals surface area contributed by atoms with Crippen LogP contribution in [0, 0.1) is 0 Å². The Balaban J connectivity index is 0.000000252. The molecule has 0 aliphatic carbocycles. The van der Waals surface area contributed by atoms with Gasteiger partial charge in [-0.3, -0.25) is 4.79 Å². The minimum Gasteiger partial charge on any atom is -0.481 e. The van der Waals surface area contributed by atoms with Crippen molar-refractivity contribution in [3.05, 3.63) is 42.5 Å². The summed E-state index contributed by atoms with van der Waals surface area (Å²) >= 11 is 0. The smallest absolute Gasteiger partial charge is 0.303 e. The first-order valence-electron chi connectivity index (χ1n) is 4.10. The van der Waals surface area contributed by atoms with E-state index in [1.165, 1.54) is 5.56 Å². The van der Waals surface area contributed by atoms with Gasteiger partial charge in [0, 0.05) is 6.42 Å². The van der Waals surface area contributed by atoms with Crippen molar-refractivity contribution in [3.63, 3.8) is 0 Å². The molecule has 0 atom stereocenters. The Hall–Kier alpha value is -1.57. The summed E-state index contributed by atoms with van der Waals surface area (Å²) in [6, 6.07) is 10.0. The van der Waals surface area contributed by atoms with Crippen LogP contribution in [0.3, 0.4) is 0 Å². The Bertz CT molecular complexity index is 252. The Kier molecular flexibility index (Phi) is 6.24. The fraction of sp³-hybridized carbons (Fsp3) is 0.182. The number of carboxylic acids is 1. The van der Waals surface area contributed by atoms with Gasteiger partial charge in [-0.05, 0) is 5.56 Å². The molecule has 0 heterocycles. The minimum atomic E-state index is -0.745. The second-order valence-electron chi connectivity index (χ2n) is 2.36. The molecule has 0 bridgehead atoms. The average Bonchev–Trinajstić information content (AvgIpc) is 2.20. The molecule has 0 aliphatic heterocycles. The third-order valence-electron chi connectivity index (χ3n) is 1.34. The highest BCUT2D eigenvalue weighted by Crippen LogP contribution is 1.97. The van der Waals surface area contributed by atoms with Crippen molar-refractivity contribution in [2.45, 2.75) is 13.3 Å². The van der Waals surface area contributed by atoms with E-state index < -0.39 is 5.97 Å². The molecule has 0 saturated heterocycles. The molecule has 0 aromatic heterocycles. The zero-order chi connectivity index (χ0) is 10.1. The first-order valence-corrected chi connectivity index (χ1v) is 4.10. The highest BCUT2D eigenvalue weighted by molar-refractivity contribution is 5.66. The summed E-state index contributed by atoms with van der Waals surface area (Å²) in [4.78, 5) is 9.37. The Labute approximate surface area is 78.5 Å². The SMILES string of the molecule is C=Cc1ccccc1.CCC(=O)O. The third-order valence-corrected chi connectivity index (χ3v) is 1.34. The number of carboxylic acid groups (broad SMARTS) is 1. The molecule has 0 saturated carbocycles. The van der Waals surface area contributed by atoms with E-state index in [1.807, 2.05) is 36.4 Å². The maximum absolute atomic E-state index is 9.37. The second kappa shape index (κ2) is 7.10. The fourth-order valence-corrected chi connectivity index (χ4v) is 0.589. The maximum Gasteiger partial charge on any atom is 0.303 e. The molecule has 0 amide bonds. The van der Waals surface area contributed by atoms with Gasteiger partial charge in [0.05, 0.1) is 0 Å². The lowest BCUT2D eigenvalue weighted by Crippen LogP contribution is -1.86. The van der Waals surface area contributed by atoms with Crippen LogP contribution in [0.15, 0.2) is 36.9 Å². The predicted molar refractivity (Wildman–Crippen MR) is 54.5 cm³/mol. The molecule has 1 N–H and O–H groups in total. The number of rotatable bonds is 2. The van der Waals surface area contributed by atoms with Crippen LogP contribution < -0.4 is 0 Å². The summed E-state index contributed by atoms with van der Waals surface area (Å²) in [6.45, 7) is 5.23. The van der Waals surface area contributed by atoms with Crippen LogP contribution in [-0.2, 0) is 4.79 Å². The standard InChI is InChI=1S/C8H8.C3H6O2/c1-2-8-6-4-3-5-7-8;1-2-3(4)5/h2-7H,1H2;2H2,1H3,(H,4,5). The number of hydrogen-bond donors (Lipinski definition) is 1. The van der Waals surface area contributed by atoms with E-state index in [0.29, 0.717) is 0 Å². The fourth-order valence-electron chi connectivity index (χ4n) is 0.589. The first-order chi connectivity index (χ1) is 6.20. The van der Waals surface area contributed by atoms with Crippen molar-refractivity contribution in [1.29, 1.82) is 0 Å². The Morgan fingerprint density at radius 1 is 1.46 bits per heavy atom. The van der Waals surface area contributed by atoms with Crippen molar-refractivity contribution in [2.24, 2.45) is 0 Å². The van der Waals surface area contributed by atoms with Crippen molar-refractivity contribution in [1.82, 2.24) is 0 Å². The molecule has 13 heavy (non-hydrogen) atoms. The topological polar surface area (TPSA) is 37.3 Å². The summed E-state index contributed by atoms with van der Waals surface area (Å²) in [7, 11) is 0. The third kappa shape index (κ3) is 6.81. The van der Waals surface area contributed by atoms with Gasteiger partial charge in [0.15, 0.2) is 0 Å². The molecular formula is C11H14O2. The van der Waals surface area contributed by atoms with Gasteiger partial charge in [0.25, 0.3) is 0 Å². The van der Waals surface area contributed by atoms with E-state index in [9.17, 15) is 4.79 Å². The van der Waals surface area contributed by atoms with Gasteiger partial charge in [-0.2, -0.15) is 0 Å². The zero-order valence-corrected chi connectivity index (χ0v) is 7.73. The zero-order valence-electron chi connectivity index (χ0n) is 7.73. The van der Waals surface area contributed by atoms with E-state index in [-0.39, 0.29) is 6.42 Å². The maximum atomic E-state index is 9.37. The highest BCUT2D eigenvalue weighted by atomic mass is 16.4. The summed E-state index contributed by atoms with van der Waals surface area (Å²) in [5.74, 6) is -0.745. The quantitative estimate of drug-likeness (QED) is 0.756.